The molecule has 1 aliphatic heterocycles. The van der Waals surface area contributed by atoms with Crippen LogP contribution in [0.3, 0.4) is 0 Å². The maximum Gasteiger partial charge on any atom is 0.326 e. The Kier molecular flexibility index (Phi) is 4.99. The van der Waals surface area contributed by atoms with E-state index in [1.165, 1.54) is 11.1 Å². The Morgan fingerprint density at radius 3 is 2.11 bits per heavy atom. The number of hydrogen-bond donors (Lipinski definition) is 1. The van der Waals surface area contributed by atoms with Gasteiger partial charge in [0.1, 0.15) is 0 Å². The second kappa shape index (κ2) is 7.57. The van der Waals surface area contributed by atoms with E-state index in [1.807, 2.05) is 29.0 Å². The topological polar surface area (TPSA) is 41.0 Å². The normalized spacial score (nSPS) is 16.1. The summed E-state index contributed by atoms with van der Waals surface area (Å²) in [6, 6.07) is 19.6. The SMILES string of the molecule is CC(C)N1CCC(n2cc(-c3ccc(-c4ccccc4)cc3)[nH]c2=O)CC1. The van der Waals surface area contributed by atoms with Crippen molar-refractivity contribution in [2.75, 3.05) is 13.1 Å². The molecule has 2 aromatic carbocycles. The molecule has 140 valence electrons. The summed E-state index contributed by atoms with van der Waals surface area (Å²) in [5.74, 6) is 0. The van der Waals surface area contributed by atoms with Crippen LogP contribution in [-0.2, 0) is 0 Å². The molecule has 1 saturated heterocycles. The number of rotatable bonds is 4. The molecule has 0 radical (unpaired) electrons. The van der Waals surface area contributed by atoms with E-state index in [9.17, 15) is 4.79 Å². The van der Waals surface area contributed by atoms with E-state index in [0.717, 1.165) is 37.2 Å². The molecule has 1 aromatic heterocycles. The number of likely N-dealkylation sites (tertiary alicyclic amines) is 1. The van der Waals surface area contributed by atoms with Gasteiger partial charge in [-0.25, -0.2) is 4.79 Å². The molecule has 1 N–H and O–H groups in total. The number of imidazole rings is 1. The zero-order valence-corrected chi connectivity index (χ0v) is 16.1. The Bertz CT molecular complexity index is 930. The molecule has 4 heteroatoms. The Balaban J connectivity index is 1.53. The van der Waals surface area contributed by atoms with E-state index in [4.69, 9.17) is 0 Å². The minimum Gasteiger partial charge on any atom is -0.306 e. The van der Waals surface area contributed by atoms with E-state index in [1.54, 1.807) is 0 Å². The molecule has 1 aliphatic rings. The van der Waals surface area contributed by atoms with E-state index in [2.05, 4.69) is 60.1 Å². The lowest BCUT2D eigenvalue weighted by molar-refractivity contribution is 0.151. The first kappa shape index (κ1) is 17.8. The zero-order chi connectivity index (χ0) is 18.8. The van der Waals surface area contributed by atoms with Gasteiger partial charge in [0.05, 0.1) is 5.69 Å². The molecule has 0 aliphatic carbocycles. The number of H-pyrrole nitrogens is 1. The summed E-state index contributed by atoms with van der Waals surface area (Å²) in [6.45, 7) is 6.59. The highest BCUT2D eigenvalue weighted by atomic mass is 16.1. The van der Waals surface area contributed by atoms with Gasteiger partial charge in [-0.15, -0.1) is 0 Å². The van der Waals surface area contributed by atoms with Crippen LogP contribution in [0.25, 0.3) is 22.4 Å². The van der Waals surface area contributed by atoms with E-state index in [0.29, 0.717) is 12.1 Å². The highest BCUT2D eigenvalue weighted by Gasteiger charge is 2.23. The van der Waals surface area contributed by atoms with Crippen molar-refractivity contribution in [3.05, 3.63) is 71.3 Å². The maximum atomic E-state index is 12.5. The second-order valence-electron chi connectivity index (χ2n) is 7.68. The standard InChI is InChI=1S/C23H27N3O/c1-17(2)25-14-12-21(13-15-25)26-16-22(24-23(26)27)20-10-8-19(9-11-20)18-6-4-3-5-7-18/h3-11,16-17,21H,12-15H2,1-2H3,(H,24,27). The van der Waals surface area contributed by atoms with Crippen LogP contribution in [0.5, 0.6) is 0 Å². The molecule has 0 bridgehead atoms. The number of nitrogens with zero attached hydrogens (tertiary/aromatic N) is 2. The molecule has 27 heavy (non-hydrogen) atoms. The molecule has 4 rings (SSSR count). The summed E-state index contributed by atoms with van der Waals surface area (Å²) in [5, 5.41) is 0. The first-order valence-corrected chi connectivity index (χ1v) is 9.83. The summed E-state index contributed by atoms with van der Waals surface area (Å²) in [5.41, 5.74) is 4.32. The van der Waals surface area contributed by atoms with E-state index >= 15 is 0 Å². The van der Waals surface area contributed by atoms with Gasteiger partial charge in [0.25, 0.3) is 0 Å². The van der Waals surface area contributed by atoms with Gasteiger partial charge >= 0.3 is 5.69 Å². The predicted octanol–water partition coefficient (Wildman–Crippen LogP) is 4.56. The van der Waals surface area contributed by atoms with E-state index in [-0.39, 0.29) is 5.69 Å². The number of hydrogen-bond acceptors (Lipinski definition) is 2. The summed E-state index contributed by atoms with van der Waals surface area (Å²) in [7, 11) is 0. The molecular weight excluding hydrogens is 334 g/mol. The lowest BCUT2D eigenvalue weighted by Gasteiger charge is -2.34. The van der Waals surface area contributed by atoms with Crippen LogP contribution in [0.4, 0.5) is 0 Å². The third-order valence-electron chi connectivity index (χ3n) is 5.67. The number of aromatic nitrogens is 2. The van der Waals surface area contributed by atoms with Crippen LogP contribution in [0.1, 0.15) is 32.7 Å². The van der Waals surface area contributed by atoms with E-state index < -0.39 is 0 Å². The van der Waals surface area contributed by atoms with Crippen LogP contribution >= 0.6 is 0 Å². The average molecular weight is 361 g/mol. The first-order valence-electron chi connectivity index (χ1n) is 9.83. The van der Waals surface area contributed by atoms with Crippen molar-refractivity contribution >= 4 is 0 Å². The summed E-state index contributed by atoms with van der Waals surface area (Å²) < 4.78 is 1.90. The molecule has 1 fully saturated rings. The number of nitrogens with one attached hydrogen (secondary N) is 1. The molecule has 0 amide bonds. The monoisotopic (exact) mass is 361 g/mol. The first-order chi connectivity index (χ1) is 13.1. The molecule has 3 aromatic rings. The van der Waals surface area contributed by atoms with Gasteiger partial charge in [0.2, 0.25) is 0 Å². The quantitative estimate of drug-likeness (QED) is 0.740. The van der Waals surface area contributed by atoms with Crippen molar-refractivity contribution in [3.63, 3.8) is 0 Å². The molecule has 0 unspecified atom stereocenters. The second-order valence-corrected chi connectivity index (χ2v) is 7.68. The highest BCUT2D eigenvalue weighted by Crippen LogP contribution is 2.26. The summed E-state index contributed by atoms with van der Waals surface area (Å²) in [6.07, 6.45) is 4.06. The lowest BCUT2D eigenvalue weighted by Crippen LogP contribution is -2.40. The Labute approximate surface area is 160 Å². The molecule has 0 saturated carbocycles. The van der Waals surface area contributed by atoms with Gasteiger partial charge in [-0.2, -0.15) is 0 Å². The fourth-order valence-corrected chi connectivity index (χ4v) is 3.98. The van der Waals surface area contributed by atoms with Crippen LogP contribution in [-0.4, -0.2) is 33.6 Å². The minimum atomic E-state index is 0.000123. The van der Waals surface area contributed by atoms with Crippen molar-refractivity contribution in [2.24, 2.45) is 0 Å². The fourth-order valence-electron chi connectivity index (χ4n) is 3.98. The summed E-state index contributed by atoms with van der Waals surface area (Å²) >= 11 is 0. The Morgan fingerprint density at radius 2 is 1.48 bits per heavy atom. The largest absolute Gasteiger partial charge is 0.326 e. The van der Waals surface area contributed by atoms with Gasteiger partial charge in [0, 0.05) is 31.4 Å². The lowest BCUT2D eigenvalue weighted by atomic mass is 10.0. The Morgan fingerprint density at radius 1 is 0.889 bits per heavy atom. The van der Waals surface area contributed by atoms with Crippen LogP contribution in [0.15, 0.2) is 65.6 Å². The van der Waals surface area contributed by atoms with Crippen molar-refractivity contribution in [3.8, 4) is 22.4 Å². The number of piperidine rings is 1. The van der Waals surface area contributed by atoms with Crippen molar-refractivity contribution in [2.45, 2.75) is 38.8 Å². The number of aromatic amines is 1. The van der Waals surface area contributed by atoms with Gasteiger partial charge in [-0.1, -0.05) is 54.6 Å². The maximum absolute atomic E-state index is 12.5. The molecule has 0 atom stereocenters. The molecule has 2 heterocycles. The van der Waals surface area contributed by atoms with Gasteiger partial charge in [0.15, 0.2) is 0 Å². The fraction of sp³-hybridized carbons (Fsp3) is 0.348. The van der Waals surface area contributed by atoms with Crippen molar-refractivity contribution < 1.29 is 0 Å². The highest BCUT2D eigenvalue weighted by molar-refractivity contribution is 5.68. The molecular formula is C23H27N3O. The minimum absolute atomic E-state index is 0.000123. The molecule has 0 spiro atoms. The summed E-state index contributed by atoms with van der Waals surface area (Å²) in [4.78, 5) is 18.0. The predicted molar refractivity (Wildman–Crippen MR) is 111 cm³/mol. The Hall–Kier alpha value is -2.59. The molecule has 4 nitrogen and oxygen atoms in total. The number of benzene rings is 2. The van der Waals surface area contributed by atoms with Gasteiger partial charge in [-0.05, 0) is 43.4 Å². The average Bonchev–Trinajstić information content (AvgIpc) is 3.10. The zero-order valence-electron chi connectivity index (χ0n) is 16.1. The van der Waals surface area contributed by atoms with Crippen LogP contribution < -0.4 is 5.69 Å². The van der Waals surface area contributed by atoms with Gasteiger partial charge in [-0.3, -0.25) is 4.57 Å². The van der Waals surface area contributed by atoms with Gasteiger partial charge < -0.3 is 9.88 Å². The smallest absolute Gasteiger partial charge is 0.306 e. The van der Waals surface area contributed by atoms with Crippen molar-refractivity contribution in [1.29, 1.82) is 0 Å². The van der Waals surface area contributed by atoms with Crippen LogP contribution in [0, 0.1) is 0 Å². The van der Waals surface area contributed by atoms with Crippen molar-refractivity contribution in [1.82, 2.24) is 14.5 Å². The van der Waals surface area contributed by atoms with Crippen LogP contribution in [0.2, 0.25) is 0 Å². The third-order valence-corrected chi connectivity index (χ3v) is 5.67. The third kappa shape index (κ3) is 3.76.